The van der Waals surface area contributed by atoms with Gasteiger partial charge in [0.25, 0.3) is 0 Å². The third-order valence-corrected chi connectivity index (χ3v) is 7.29. The van der Waals surface area contributed by atoms with Gasteiger partial charge in [0.15, 0.2) is 0 Å². The average Bonchev–Trinajstić information content (AvgIpc) is 2.89. The van der Waals surface area contributed by atoms with Crippen molar-refractivity contribution in [3.05, 3.63) is 12.2 Å². The smallest absolute Gasteiger partial charge is 0.307 e. The maximum absolute atomic E-state index is 11.7. The fraction of sp³-hybridized carbons (Fsp3) is 0.879. The van der Waals surface area contributed by atoms with Crippen molar-refractivity contribution in [3.8, 4) is 0 Å². The van der Waals surface area contributed by atoms with E-state index < -0.39 is 11.9 Å². The number of carbonyl (C=O) groups excluding carboxylic acids is 1. The summed E-state index contributed by atoms with van der Waals surface area (Å²) in [5.41, 5.74) is 0. The number of rotatable bonds is 29. The van der Waals surface area contributed by atoms with Crippen molar-refractivity contribution in [3.63, 3.8) is 0 Å². The molecule has 0 amide bonds. The first-order valence-electron chi connectivity index (χ1n) is 16.1. The Morgan fingerprint density at radius 1 is 0.595 bits per heavy atom. The summed E-state index contributed by atoms with van der Waals surface area (Å²) in [6, 6.07) is 0. The molecule has 0 fully saturated rings. The summed E-state index contributed by atoms with van der Waals surface area (Å²) in [5, 5.41) is 9.32. The number of carboxylic acid groups (broad SMARTS) is 1. The minimum absolute atomic E-state index is 0.00599. The number of carbonyl (C=O) groups is 2. The number of carboxylic acids is 1. The van der Waals surface area contributed by atoms with Crippen LogP contribution in [0.15, 0.2) is 12.2 Å². The van der Waals surface area contributed by atoms with Crippen molar-refractivity contribution >= 4 is 11.9 Å². The molecule has 37 heavy (non-hydrogen) atoms. The first kappa shape index (κ1) is 35.7. The van der Waals surface area contributed by atoms with Gasteiger partial charge in [-0.05, 0) is 38.5 Å². The molecule has 1 unspecified atom stereocenters. The maximum Gasteiger partial charge on any atom is 0.307 e. The topological polar surface area (TPSA) is 63.6 Å². The van der Waals surface area contributed by atoms with E-state index in [0.29, 0.717) is 13.0 Å². The standard InChI is InChI=1S/C33H62O4/c1-3-5-6-7-8-9-10-11-12-13-14-15-16-17-18-19-20-21-22-23-24-25-26-27-28-31(33(35)36)30-32(34)37-29-4-2/h11-12,31H,3-10,13-30H2,1-2H3,(H,35,36)/b12-11+. The number of esters is 1. The summed E-state index contributed by atoms with van der Waals surface area (Å²) in [6.07, 6.45) is 35.1. The molecule has 0 aliphatic carbocycles. The molecule has 0 aromatic rings. The van der Waals surface area contributed by atoms with Crippen LogP contribution in [0.25, 0.3) is 0 Å². The van der Waals surface area contributed by atoms with Gasteiger partial charge in [-0.2, -0.15) is 0 Å². The predicted octanol–water partition coefficient (Wildman–Crippen LogP) is 10.6. The van der Waals surface area contributed by atoms with Crippen molar-refractivity contribution in [1.29, 1.82) is 0 Å². The van der Waals surface area contributed by atoms with Gasteiger partial charge in [0.05, 0.1) is 18.9 Å². The van der Waals surface area contributed by atoms with Crippen molar-refractivity contribution in [2.24, 2.45) is 5.92 Å². The molecule has 0 saturated carbocycles. The Hall–Kier alpha value is -1.32. The maximum atomic E-state index is 11.7. The van der Waals surface area contributed by atoms with Crippen LogP contribution in [0.2, 0.25) is 0 Å². The van der Waals surface area contributed by atoms with Gasteiger partial charge in [-0.1, -0.05) is 142 Å². The van der Waals surface area contributed by atoms with E-state index in [2.05, 4.69) is 19.1 Å². The monoisotopic (exact) mass is 522 g/mol. The van der Waals surface area contributed by atoms with Gasteiger partial charge in [-0.25, -0.2) is 0 Å². The second-order valence-corrected chi connectivity index (χ2v) is 11.0. The Balaban J connectivity index is 3.34. The summed E-state index contributed by atoms with van der Waals surface area (Å²) in [5.74, 6) is -1.85. The number of ether oxygens (including phenoxy) is 1. The molecular formula is C33H62O4. The van der Waals surface area contributed by atoms with Gasteiger partial charge in [0.1, 0.15) is 0 Å². The first-order valence-corrected chi connectivity index (χ1v) is 16.1. The quantitative estimate of drug-likeness (QED) is 0.0602. The number of hydrogen-bond donors (Lipinski definition) is 1. The van der Waals surface area contributed by atoms with Gasteiger partial charge in [0.2, 0.25) is 0 Å². The SMILES string of the molecule is CCCCCCCC/C=C/CCCCCCCCCCCCCCCCC(CC(=O)OCCC)C(=O)O. The number of allylic oxidation sites excluding steroid dienone is 2. The lowest BCUT2D eigenvalue weighted by Crippen LogP contribution is -2.19. The molecule has 0 saturated heterocycles. The van der Waals surface area contributed by atoms with E-state index in [1.54, 1.807) is 0 Å². The molecule has 0 bridgehead atoms. The summed E-state index contributed by atoms with van der Waals surface area (Å²) in [7, 11) is 0. The van der Waals surface area contributed by atoms with Crippen LogP contribution in [0.4, 0.5) is 0 Å². The van der Waals surface area contributed by atoms with Crippen molar-refractivity contribution in [2.45, 2.75) is 174 Å². The largest absolute Gasteiger partial charge is 0.481 e. The van der Waals surface area contributed by atoms with Gasteiger partial charge in [0, 0.05) is 0 Å². The highest BCUT2D eigenvalue weighted by Crippen LogP contribution is 2.18. The fourth-order valence-corrected chi connectivity index (χ4v) is 4.84. The number of aliphatic carboxylic acids is 1. The second-order valence-electron chi connectivity index (χ2n) is 11.0. The lowest BCUT2D eigenvalue weighted by molar-refractivity contribution is -0.151. The Morgan fingerprint density at radius 3 is 1.41 bits per heavy atom. The molecule has 1 N–H and O–H groups in total. The summed E-state index contributed by atoms with van der Waals surface area (Å²) < 4.78 is 5.02. The van der Waals surface area contributed by atoms with E-state index in [4.69, 9.17) is 4.74 Å². The minimum atomic E-state index is -0.875. The summed E-state index contributed by atoms with van der Waals surface area (Å²) >= 11 is 0. The van der Waals surface area contributed by atoms with Crippen LogP contribution in [-0.2, 0) is 14.3 Å². The van der Waals surface area contributed by atoms with E-state index in [1.165, 1.54) is 128 Å². The highest BCUT2D eigenvalue weighted by atomic mass is 16.5. The molecule has 0 aliphatic heterocycles. The van der Waals surface area contributed by atoms with Crippen LogP contribution in [0.1, 0.15) is 174 Å². The Bertz CT molecular complexity index is 528. The third-order valence-electron chi connectivity index (χ3n) is 7.29. The van der Waals surface area contributed by atoms with Gasteiger partial charge in [-0.15, -0.1) is 0 Å². The van der Waals surface area contributed by atoms with Crippen LogP contribution in [0, 0.1) is 5.92 Å². The Kier molecular flexibility index (Phi) is 28.2. The van der Waals surface area contributed by atoms with Crippen LogP contribution in [0.3, 0.4) is 0 Å². The van der Waals surface area contributed by atoms with Crippen molar-refractivity contribution < 1.29 is 19.4 Å². The molecule has 0 radical (unpaired) electrons. The highest BCUT2D eigenvalue weighted by molar-refractivity contribution is 5.78. The normalized spacial score (nSPS) is 12.3. The third kappa shape index (κ3) is 27.5. The van der Waals surface area contributed by atoms with E-state index >= 15 is 0 Å². The number of unbranched alkanes of at least 4 members (excludes halogenated alkanes) is 20. The molecule has 218 valence electrons. The van der Waals surface area contributed by atoms with Crippen LogP contribution < -0.4 is 0 Å². The van der Waals surface area contributed by atoms with E-state index in [9.17, 15) is 14.7 Å². The minimum Gasteiger partial charge on any atom is -0.481 e. The molecule has 0 aliphatic rings. The van der Waals surface area contributed by atoms with Gasteiger partial charge >= 0.3 is 11.9 Å². The summed E-state index contributed by atoms with van der Waals surface area (Å²) in [6.45, 7) is 4.59. The second kappa shape index (κ2) is 29.2. The predicted molar refractivity (Wildman–Crippen MR) is 158 cm³/mol. The molecule has 0 heterocycles. The first-order chi connectivity index (χ1) is 18.1. The molecular weight excluding hydrogens is 460 g/mol. The van der Waals surface area contributed by atoms with Gasteiger partial charge in [-0.3, -0.25) is 9.59 Å². The fourth-order valence-electron chi connectivity index (χ4n) is 4.84. The van der Waals surface area contributed by atoms with Gasteiger partial charge < -0.3 is 9.84 Å². The average molecular weight is 523 g/mol. The Morgan fingerprint density at radius 2 is 1.00 bits per heavy atom. The van der Waals surface area contributed by atoms with E-state index in [1.807, 2.05) is 6.92 Å². The molecule has 4 nitrogen and oxygen atoms in total. The zero-order valence-corrected chi connectivity index (χ0v) is 24.8. The molecule has 0 aromatic heterocycles. The molecule has 1 atom stereocenters. The van der Waals surface area contributed by atoms with Crippen LogP contribution >= 0.6 is 0 Å². The van der Waals surface area contributed by atoms with Crippen molar-refractivity contribution in [1.82, 2.24) is 0 Å². The van der Waals surface area contributed by atoms with Crippen LogP contribution in [-0.4, -0.2) is 23.7 Å². The number of hydrogen-bond acceptors (Lipinski definition) is 3. The molecule has 0 spiro atoms. The highest BCUT2D eigenvalue weighted by Gasteiger charge is 2.21. The lowest BCUT2D eigenvalue weighted by Gasteiger charge is -2.11. The zero-order valence-electron chi connectivity index (χ0n) is 24.8. The van der Waals surface area contributed by atoms with E-state index in [0.717, 1.165) is 19.3 Å². The zero-order chi connectivity index (χ0) is 27.2. The molecule has 4 heteroatoms. The summed E-state index contributed by atoms with van der Waals surface area (Å²) in [4.78, 5) is 23.0. The van der Waals surface area contributed by atoms with Crippen molar-refractivity contribution in [2.75, 3.05) is 6.61 Å². The molecule has 0 aromatic carbocycles. The lowest BCUT2D eigenvalue weighted by atomic mass is 9.97. The Labute approximate surface area is 230 Å². The molecule has 0 rings (SSSR count). The van der Waals surface area contributed by atoms with E-state index in [-0.39, 0.29) is 12.4 Å². The van der Waals surface area contributed by atoms with Crippen LogP contribution in [0.5, 0.6) is 0 Å².